The number of nitriles is 1. The van der Waals surface area contributed by atoms with Crippen molar-refractivity contribution in [3.8, 4) is 6.07 Å². The number of rotatable bonds is 3. The zero-order chi connectivity index (χ0) is 12.3. The zero-order valence-corrected chi connectivity index (χ0v) is 10.3. The van der Waals surface area contributed by atoms with Crippen molar-refractivity contribution in [2.45, 2.75) is 50.5 Å². The highest BCUT2D eigenvalue weighted by molar-refractivity contribution is 5.19. The molecule has 0 amide bonds. The lowest BCUT2D eigenvalue weighted by molar-refractivity contribution is 0.109. The number of hydrogen-bond acceptors (Lipinski definition) is 5. The molecule has 1 atom stereocenters. The molecule has 5 heteroatoms. The van der Waals surface area contributed by atoms with Crippen molar-refractivity contribution in [3.05, 3.63) is 11.7 Å². The number of nitrogens with zero attached hydrogens (tertiary/aromatic N) is 3. The van der Waals surface area contributed by atoms with E-state index in [9.17, 15) is 5.26 Å². The molecular weight excluding hydrogens is 218 g/mol. The summed E-state index contributed by atoms with van der Waals surface area (Å²) in [7, 11) is 1.60. The van der Waals surface area contributed by atoms with E-state index < -0.39 is 5.41 Å². The van der Waals surface area contributed by atoms with Gasteiger partial charge in [-0.15, -0.1) is 0 Å². The van der Waals surface area contributed by atoms with Gasteiger partial charge in [0.25, 0.3) is 0 Å². The maximum atomic E-state index is 9.39. The van der Waals surface area contributed by atoms with Crippen LogP contribution in [-0.2, 0) is 10.2 Å². The van der Waals surface area contributed by atoms with Crippen molar-refractivity contribution in [1.29, 1.82) is 5.26 Å². The third kappa shape index (κ3) is 2.18. The van der Waals surface area contributed by atoms with Crippen LogP contribution >= 0.6 is 0 Å². The second-order valence-electron chi connectivity index (χ2n) is 4.59. The fourth-order valence-electron chi connectivity index (χ4n) is 2.23. The first kappa shape index (κ1) is 12.1. The third-order valence-electron chi connectivity index (χ3n) is 3.49. The number of methoxy groups -OCH3 is 1. The molecule has 0 spiro atoms. The van der Waals surface area contributed by atoms with E-state index in [1.54, 1.807) is 7.11 Å². The first-order valence-electron chi connectivity index (χ1n) is 6.00. The summed E-state index contributed by atoms with van der Waals surface area (Å²) in [5.41, 5.74) is -0.572. The molecule has 1 fully saturated rings. The Bertz CT molecular complexity index is 416. The molecule has 1 aliphatic carbocycles. The molecule has 0 aliphatic heterocycles. The maximum absolute atomic E-state index is 9.39. The Morgan fingerprint density at radius 2 is 2.12 bits per heavy atom. The van der Waals surface area contributed by atoms with Crippen molar-refractivity contribution in [3.63, 3.8) is 0 Å². The average molecular weight is 235 g/mol. The molecule has 17 heavy (non-hydrogen) atoms. The van der Waals surface area contributed by atoms with Crippen LogP contribution < -0.4 is 0 Å². The van der Waals surface area contributed by atoms with Gasteiger partial charge in [0.2, 0.25) is 5.89 Å². The molecule has 1 saturated carbocycles. The molecule has 1 aromatic rings. The van der Waals surface area contributed by atoms with Gasteiger partial charge in [-0.2, -0.15) is 10.2 Å². The highest BCUT2D eigenvalue weighted by atomic mass is 16.5. The SMILES string of the molecule is CO[C@H](C)c1noc(C2(C#N)CCCCC2)n1. The molecule has 1 aromatic heterocycles. The van der Waals surface area contributed by atoms with Gasteiger partial charge < -0.3 is 9.26 Å². The topological polar surface area (TPSA) is 71.9 Å². The second kappa shape index (κ2) is 4.84. The van der Waals surface area contributed by atoms with Gasteiger partial charge >= 0.3 is 0 Å². The Morgan fingerprint density at radius 3 is 2.71 bits per heavy atom. The van der Waals surface area contributed by atoms with Crippen LogP contribution in [0.25, 0.3) is 0 Å². The Labute approximate surface area is 101 Å². The van der Waals surface area contributed by atoms with Gasteiger partial charge in [0, 0.05) is 7.11 Å². The number of ether oxygens (including phenoxy) is 1. The summed E-state index contributed by atoms with van der Waals surface area (Å²) in [5.74, 6) is 0.973. The van der Waals surface area contributed by atoms with Crippen LogP contribution in [-0.4, -0.2) is 17.3 Å². The van der Waals surface area contributed by atoms with E-state index in [1.165, 1.54) is 6.42 Å². The molecule has 1 aliphatic rings. The predicted octanol–water partition coefficient (Wildman–Crippen LogP) is 2.50. The smallest absolute Gasteiger partial charge is 0.247 e. The van der Waals surface area contributed by atoms with Gasteiger partial charge in [0.05, 0.1) is 6.07 Å². The minimum Gasteiger partial charge on any atom is -0.374 e. The summed E-state index contributed by atoms with van der Waals surface area (Å²) in [5, 5.41) is 13.3. The molecular formula is C12H17N3O2. The molecule has 5 nitrogen and oxygen atoms in total. The maximum Gasteiger partial charge on any atom is 0.247 e. The Kier molecular flexibility index (Phi) is 3.43. The molecule has 92 valence electrons. The molecule has 0 bridgehead atoms. The summed E-state index contributed by atoms with van der Waals surface area (Å²) in [6.45, 7) is 1.86. The van der Waals surface area contributed by atoms with Crippen molar-refractivity contribution < 1.29 is 9.26 Å². The van der Waals surface area contributed by atoms with E-state index in [2.05, 4.69) is 16.2 Å². The van der Waals surface area contributed by atoms with Gasteiger partial charge in [-0.05, 0) is 19.8 Å². The minimum absolute atomic E-state index is 0.202. The van der Waals surface area contributed by atoms with Crippen molar-refractivity contribution in [2.75, 3.05) is 7.11 Å². The molecule has 0 aromatic carbocycles. The van der Waals surface area contributed by atoms with Crippen LogP contribution in [0.15, 0.2) is 4.52 Å². The Hall–Kier alpha value is -1.41. The highest BCUT2D eigenvalue weighted by Crippen LogP contribution is 2.38. The number of hydrogen-bond donors (Lipinski definition) is 0. The molecule has 1 heterocycles. The van der Waals surface area contributed by atoms with Crippen molar-refractivity contribution >= 4 is 0 Å². The first-order chi connectivity index (χ1) is 8.22. The third-order valence-corrected chi connectivity index (χ3v) is 3.49. The zero-order valence-electron chi connectivity index (χ0n) is 10.3. The molecule has 2 rings (SSSR count). The molecule has 0 N–H and O–H groups in total. The van der Waals surface area contributed by atoms with Crippen LogP contribution in [0.2, 0.25) is 0 Å². The van der Waals surface area contributed by atoms with E-state index in [-0.39, 0.29) is 6.10 Å². The number of aromatic nitrogens is 2. The van der Waals surface area contributed by atoms with Crippen molar-refractivity contribution in [2.24, 2.45) is 0 Å². The highest BCUT2D eigenvalue weighted by Gasteiger charge is 2.39. The fourth-order valence-corrected chi connectivity index (χ4v) is 2.23. The van der Waals surface area contributed by atoms with E-state index in [4.69, 9.17) is 9.26 Å². The van der Waals surface area contributed by atoms with E-state index in [1.807, 2.05) is 6.92 Å². The van der Waals surface area contributed by atoms with Gasteiger partial charge in [0.15, 0.2) is 5.82 Å². The quantitative estimate of drug-likeness (QED) is 0.804. The molecule has 0 saturated heterocycles. The lowest BCUT2D eigenvalue weighted by Gasteiger charge is -2.26. The van der Waals surface area contributed by atoms with Gasteiger partial charge in [-0.3, -0.25) is 0 Å². The molecule has 0 radical (unpaired) electrons. The largest absolute Gasteiger partial charge is 0.374 e. The fraction of sp³-hybridized carbons (Fsp3) is 0.750. The van der Waals surface area contributed by atoms with Gasteiger partial charge in [0.1, 0.15) is 11.5 Å². The van der Waals surface area contributed by atoms with Crippen LogP contribution in [0.4, 0.5) is 0 Å². The average Bonchev–Trinajstić information content (AvgIpc) is 2.88. The lowest BCUT2D eigenvalue weighted by atomic mass is 9.75. The second-order valence-corrected chi connectivity index (χ2v) is 4.59. The standard InChI is InChI=1S/C12H17N3O2/c1-9(16-2)10-14-11(17-15-10)12(8-13)6-4-3-5-7-12/h9H,3-7H2,1-2H3/t9-/m1/s1. The van der Waals surface area contributed by atoms with E-state index >= 15 is 0 Å². The normalized spacial score (nSPS) is 20.8. The Morgan fingerprint density at radius 1 is 1.41 bits per heavy atom. The summed E-state index contributed by atoms with van der Waals surface area (Å²) in [6.07, 6.45) is 4.69. The monoisotopic (exact) mass is 235 g/mol. The van der Waals surface area contributed by atoms with Crippen LogP contribution in [0, 0.1) is 11.3 Å². The van der Waals surface area contributed by atoms with Gasteiger partial charge in [-0.25, -0.2) is 0 Å². The van der Waals surface area contributed by atoms with Crippen LogP contribution in [0.1, 0.15) is 56.8 Å². The van der Waals surface area contributed by atoms with E-state index in [0.717, 1.165) is 25.7 Å². The van der Waals surface area contributed by atoms with Crippen LogP contribution in [0.5, 0.6) is 0 Å². The molecule has 0 unspecified atom stereocenters. The predicted molar refractivity (Wildman–Crippen MR) is 60.1 cm³/mol. The lowest BCUT2D eigenvalue weighted by Crippen LogP contribution is -2.27. The van der Waals surface area contributed by atoms with Crippen LogP contribution in [0.3, 0.4) is 0 Å². The van der Waals surface area contributed by atoms with Crippen molar-refractivity contribution in [1.82, 2.24) is 10.1 Å². The summed E-state index contributed by atoms with van der Waals surface area (Å²) in [4.78, 5) is 4.32. The van der Waals surface area contributed by atoms with Gasteiger partial charge in [-0.1, -0.05) is 24.4 Å². The first-order valence-corrected chi connectivity index (χ1v) is 6.00. The minimum atomic E-state index is -0.572. The Balaban J connectivity index is 2.26. The summed E-state index contributed by atoms with van der Waals surface area (Å²) < 4.78 is 10.4. The summed E-state index contributed by atoms with van der Waals surface area (Å²) >= 11 is 0. The summed E-state index contributed by atoms with van der Waals surface area (Å²) in [6, 6.07) is 2.37. The van der Waals surface area contributed by atoms with E-state index in [0.29, 0.717) is 11.7 Å².